The highest BCUT2D eigenvalue weighted by molar-refractivity contribution is 6.42. The van der Waals surface area contributed by atoms with Gasteiger partial charge in [-0.2, -0.15) is 5.10 Å². The lowest BCUT2D eigenvalue weighted by molar-refractivity contribution is 0.0563. The second-order valence-corrected chi connectivity index (χ2v) is 10.4. The number of hydrogen-bond acceptors (Lipinski definition) is 7. The fraction of sp³-hybridized carbons (Fsp3) is 0.0968. The largest absolute Gasteiger partial charge is 0.464 e. The summed E-state index contributed by atoms with van der Waals surface area (Å²) in [5, 5.41) is 8.22. The normalized spacial score (nSPS) is 10.8. The van der Waals surface area contributed by atoms with E-state index in [-0.39, 0.29) is 34.5 Å². The number of aromatic nitrogens is 2. The van der Waals surface area contributed by atoms with Crippen molar-refractivity contribution in [2.24, 2.45) is 0 Å². The Morgan fingerprint density at radius 3 is 2.19 bits per heavy atom. The first-order valence-electron chi connectivity index (χ1n) is 12.7. The summed E-state index contributed by atoms with van der Waals surface area (Å²) >= 11 is 18.7. The topological polar surface area (TPSA) is 113 Å². The van der Waals surface area contributed by atoms with Gasteiger partial charge in [0.2, 0.25) is 5.76 Å². The van der Waals surface area contributed by atoms with Crippen LogP contribution in [0.4, 0.5) is 0 Å². The lowest BCUT2D eigenvalue weighted by Crippen LogP contribution is -2.23. The van der Waals surface area contributed by atoms with Gasteiger partial charge in [-0.1, -0.05) is 65.1 Å². The summed E-state index contributed by atoms with van der Waals surface area (Å²) in [5.74, 6) is -1.07. The number of methoxy groups -OCH3 is 2. The lowest BCUT2D eigenvalue weighted by Gasteiger charge is -2.10. The van der Waals surface area contributed by atoms with Gasteiger partial charge in [-0.05, 0) is 54.1 Å². The van der Waals surface area contributed by atoms with Gasteiger partial charge in [-0.3, -0.25) is 4.79 Å². The fourth-order valence-corrected chi connectivity index (χ4v) is 4.79. The maximum absolute atomic E-state index is 12.9. The fourth-order valence-electron chi connectivity index (χ4n) is 4.23. The maximum Gasteiger partial charge on any atom is 0.373 e. The standard InChI is InChI=1S/C31H22Cl3N3O6/c1-41-30(39)25-15-26(37(36-25)20-8-10-22(32)24(34)14-20)18-5-3-17(4-6-18)16-35-29(38)21-9-7-19(13-23(21)33)27-11-12-28(43-27)31(40)42-2/h3-15H,16H2,1-2H3,(H,35,38). The molecule has 1 amide bonds. The van der Waals surface area contributed by atoms with Gasteiger partial charge in [0.15, 0.2) is 5.69 Å². The van der Waals surface area contributed by atoms with Crippen LogP contribution >= 0.6 is 34.8 Å². The van der Waals surface area contributed by atoms with Gasteiger partial charge in [-0.25, -0.2) is 14.3 Å². The molecular weight excluding hydrogens is 617 g/mol. The average Bonchev–Trinajstić information content (AvgIpc) is 3.69. The molecule has 0 aliphatic heterocycles. The molecule has 9 nitrogen and oxygen atoms in total. The molecule has 5 aromatic rings. The van der Waals surface area contributed by atoms with Crippen LogP contribution in [0.1, 0.15) is 37.0 Å². The van der Waals surface area contributed by atoms with E-state index in [0.717, 1.165) is 11.1 Å². The molecule has 1 N–H and O–H groups in total. The highest BCUT2D eigenvalue weighted by Gasteiger charge is 2.19. The smallest absolute Gasteiger partial charge is 0.373 e. The molecule has 2 heterocycles. The van der Waals surface area contributed by atoms with Gasteiger partial charge < -0.3 is 19.2 Å². The van der Waals surface area contributed by atoms with Gasteiger partial charge in [-0.15, -0.1) is 0 Å². The molecule has 0 aliphatic rings. The van der Waals surface area contributed by atoms with E-state index in [2.05, 4.69) is 15.2 Å². The van der Waals surface area contributed by atoms with E-state index in [9.17, 15) is 14.4 Å². The summed E-state index contributed by atoms with van der Waals surface area (Å²) in [5.41, 5.74) is 3.82. The highest BCUT2D eigenvalue weighted by atomic mass is 35.5. The summed E-state index contributed by atoms with van der Waals surface area (Å²) < 4.78 is 16.6. The van der Waals surface area contributed by atoms with Crippen molar-refractivity contribution in [3.63, 3.8) is 0 Å². The van der Waals surface area contributed by atoms with E-state index in [1.807, 2.05) is 24.3 Å². The van der Waals surface area contributed by atoms with Crippen molar-refractivity contribution >= 4 is 52.6 Å². The number of benzene rings is 3. The zero-order valence-electron chi connectivity index (χ0n) is 22.7. The molecule has 0 fully saturated rings. The van der Waals surface area contributed by atoms with Crippen LogP contribution in [0.2, 0.25) is 15.1 Å². The number of nitrogens with one attached hydrogen (secondary N) is 1. The van der Waals surface area contributed by atoms with Gasteiger partial charge in [0.25, 0.3) is 5.91 Å². The molecule has 5 rings (SSSR count). The van der Waals surface area contributed by atoms with E-state index in [1.54, 1.807) is 53.2 Å². The molecule has 0 saturated carbocycles. The van der Waals surface area contributed by atoms with Crippen molar-refractivity contribution in [1.29, 1.82) is 0 Å². The SMILES string of the molecule is COC(=O)c1cc(-c2ccc(CNC(=O)c3ccc(-c4ccc(C(=O)OC)o4)cc3Cl)cc2)n(-c2ccc(Cl)c(Cl)c2)n1. The molecule has 3 aromatic carbocycles. The van der Waals surface area contributed by atoms with Crippen molar-refractivity contribution in [1.82, 2.24) is 15.1 Å². The minimum Gasteiger partial charge on any atom is -0.464 e. The van der Waals surface area contributed by atoms with E-state index in [4.69, 9.17) is 44.0 Å². The summed E-state index contributed by atoms with van der Waals surface area (Å²) in [6.07, 6.45) is 0. The number of nitrogens with zero attached hydrogens (tertiary/aromatic N) is 2. The van der Waals surface area contributed by atoms with Crippen LogP contribution in [0.25, 0.3) is 28.3 Å². The summed E-state index contributed by atoms with van der Waals surface area (Å²) in [7, 11) is 2.55. The van der Waals surface area contributed by atoms with Crippen LogP contribution in [0.3, 0.4) is 0 Å². The number of carbonyl (C=O) groups excluding carboxylic acids is 3. The minimum absolute atomic E-state index is 0.0594. The number of hydrogen-bond donors (Lipinski definition) is 1. The van der Waals surface area contributed by atoms with Crippen molar-refractivity contribution < 1.29 is 28.3 Å². The van der Waals surface area contributed by atoms with E-state index >= 15 is 0 Å². The molecule has 0 unspecified atom stereocenters. The van der Waals surface area contributed by atoms with E-state index in [0.29, 0.717) is 32.8 Å². The molecule has 2 aromatic heterocycles. The molecule has 0 spiro atoms. The van der Waals surface area contributed by atoms with Crippen molar-refractivity contribution in [3.8, 4) is 28.3 Å². The summed E-state index contributed by atoms with van der Waals surface area (Å²) in [6, 6.07) is 22.0. The monoisotopic (exact) mass is 637 g/mol. The Labute approximate surface area is 260 Å². The Balaban J connectivity index is 1.31. The lowest BCUT2D eigenvalue weighted by atomic mass is 10.1. The molecular formula is C31H22Cl3N3O6. The summed E-state index contributed by atoms with van der Waals surface area (Å²) in [6.45, 7) is 0.233. The van der Waals surface area contributed by atoms with Crippen LogP contribution < -0.4 is 5.32 Å². The highest BCUT2D eigenvalue weighted by Crippen LogP contribution is 2.30. The van der Waals surface area contributed by atoms with Crippen LogP contribution in [0.15, 0.2) is 83.3 Å². The van der Waals surface area contributed by atoms with Gasteiger partial charge in [0, 0.05) is 17.7 Å². The Hall–Kier alpha value is -4.57. The number of halogens is 3. The van der Waals surface area contributed by atoms with Gasteiger partial charge in [0.1, 0.15) is 5.76 Å². The molecule has 0 bridgehead atoms. The van der Waals surface area contributed by atoms with Crippen molar-refractivity contribution in [2.45, 2.75) is 6.54 Å². The first-order valence-corrected chi connectivity index (χ1v) is 13.8. The molecule has 43 heavy (non-hydrogen) atoms. The molecule has 12 heteroatoms. The second-order valence-electron chi connectivity index (χ2n) is 9.15. The Bertz CT molecular complexity index is 1850. The van der Waals surface area contributed by atoms with Gasteiger partial charge in [0.05, 0.1) is 46.2 Å². The Morgan fingerprint density at radius 2 is 1.51 bits per heavy atom. The predicted molar refractivity (Wildman–Crippen MR) is 162 cm³/mol. The summed E-state index contributed by atoms with van der Waals surface area (Å²) in [4.78, 5) is 36.8. The van der Waals surface area contributed by atoms with Crippen LogP contribution in [0.5, 0.6) is 0 Å². The number of amides is 1. The predicted octanol–water partition coefficient (Wildman–Crippen LogP) is 7.26. The third-order valence-electron chi connectivity index (χ3n) is 6.45. The van der Waals surface area contributed by atoms with E-state index < -0.39 is 11.9 Å². The van der Waals surface area contributed by atoms with Gasteiger partial charge >= 0.3 is 11.9 Å². The molecule has 0 aliphatic carbocycles. The van der Waals surface area contributed by atoms with Crippen molar-refractivity contribution in [3.05, 3.63) is 117 Å². The Morgan fingerprint density at radius 1 is 0.791 bits per heavy atom. The molecule has 0 saturated heterocycles. The Kier molecular flexibility index (Phi) is 8.86. The van der Waals surface area contributed by atoms with Crippen LogP contribution in [-0.2, 0) is 16.0 Å². The molecule has 0 atom stereocenters. The number of rotatable bonds is 8. The first kappa shape index (κ1) is 29.9. The first-order chi connectivity index (χ1) is 20.7. The third kappa shape index (κ3) is 6.44. The number of ether oxygens (including phenoxy) is 2. The van der Waals surface area contributed by atoms with Crippen LogP contribution in [0, 0.1) is 0 Å². The number of furan rings is 1. The molecule has 0 radical (unpaired) electrons. The third-order valence-corrected chi connectivity index (χ3v) is 7.50. The van der Waals surface area contributed by atoms with Crippen LogP contribution in [-0.4, -0.2) is 41.8 Å². The maximum atomic E-state index is 12.9. The molecule has 218 valence electrons. The number of carbonyl (C=O) groups is 3. The zero-order chi connectivity index (χ0) is 30.7. The number of esters is 2. The second kappa shape index (κ2) is 12.7. The van der Waals surface area contributed by atoms with E-state index in [1.165, 1.54) is 20.3 Å². The minimum atomic E-state index is -0.593. The quantitative estimate of drug-likeness (QED) is 0.178. The average molecular weight is 639 g/mol. The van der Waals surface area contributed by atoms with Crippen molar-refractivity contribution in [2.75, 3.05) is 14.2 Å². The zero-order valence-corrected chi connectivity index (χ0v) is 25.0.